The van der Waals surface area contributed by atoms with E-state index in [9.17, 15) is 23.2 Å². The second kappa shape index (κ2) is 8.32. The maximum Gasteiger partial charge on any atom is 0.331 e. The van der Waals surface area contributed by atoms with Gasteiger partial charge in [0.2, 0.25) is 11.8 Å². The van der Waals surface area contributed by atoms with Crippen LogP contribution in [0.1, 0.15) is 36.4 Å². The van der Waals surface area contributed by atoms with Crippen molar-refractivity contribution < 1.29 is 27.9 Å². The van der Waals surface area contributed by atoms with Crippen LogP contribution in [0.5, 0.6) is 0 Å². The highest BCUT2D eigenvalue weighted by atomic mass is 19.1. The molecule has 1 unspecified atom stereocenters. The number of ether oxygens (including phenoxy) is 1. The number of nitrogens with two attached hydrogens (primary N) is 1. The number of barbiturate groups is 1. The molecule has 3 N–H and O–H groups in total. The summed E-state index contributed by atoms with van der Waals surface area (Å²) in [7, 11) is 0. The van der Waals surface area contributed by atoms with E-state index in [1.54, 1.807) is 6.92 Å². The molecular weight excluding hydrogens is 372 g/mol. The van der Waals surface area contributed by atoms with Gasteiger partial charge in [-0.05, 0) is 25.8 Å². The molecule has 0 bridgehead atoms. The lowest BCUT2D eigenvalue weighted by atomic mass is 9.90. The Morgan fingerprint density at radius 1 is 1.29 bits per heavy atom. The minimum Gasteiger partial charge on any atom is -0.381 e. The summed E-state index contributed by atoms with van der Waals surface area (Å²) >= 11 is 0. The number of hydrogen-bond acceptors (Lipinski definition) is 5. The van der Waals surface area contributed by atoms with Gasteiger partial charge in [-0.15, -0.1) is 0 Å². The molecule has 2 heterocycles. The molecule has 0 radical (unpaired) electrons. The van der Waals surface area contributed by atoms with Gasteiger partial charge in [-0.3, -0.25) is 19.8 Å². The first-order valence-corrected chi connectivity index (χ1v) is 9.21. The maximum atomic E-state index is 14.8. The number of carbonyl (C=O) groups is 3. The number of carbonyl (C=O) groups excluding carboxylic acids is 3. The van der Waals surface area contributed by atoms with Crippen molar-refractivity contribution in [1.82, 2.24) is 10.2 Å². The van der Waals surface area contributed by atoms with Crippen LogP contribution in [0.25, 0.3) is 0 Å². The summed E-state index contributed by atoms with van der Waals surface area (Å²) in [6.07, 6.45) is -1.48. The first kappa shape index (κ1) is 20.3. The fourth-order valence-electron chi connectivity index (χ4n) is 3.62. The van der Waals surface area contributed by atoms with Gasteiger partial charge < -0.3 is 10.5 Å². The first-order valence-electron chi connectivity index (χ1n) is 9.21. The summed E-state index contributed by atoms with van der Waals surface area (Å²) in [6.45, 7) is 2.51. The molecule has 9 heteroatoms. The lowest BCUT2D eigenvalue weighted by Gasteiger charge is -2.37. The summed E-state index contributed by atoms with van der Waals surface area (Å²) in [5.41, 5.74) is 6.56. The van der Waals surface area contributed by atoms with Crippen LogP contribution in [0.4, 0.5) is 13.6 Å². The number of rotatable bonds is 5. The second-order valence-electron chi connectivity index (χ2n) is 7.20. The van der Waals surface area contributed by atoms with E-state index in [1.165, 1.54) is 18.2 Å². The molecule has 1 aromatic rings. The number of imide groups is 2. The molecule has 0 spiro atoms. The van der Waals surface area contributed by atoms with E-state index in [4.69, 9.17) is 10.5 Å². The highest BCUT2D eigenvalue weighted by Gasteiger charge is 2.45. The molecule has 3 rings (SSSR count). The quantitative estimate of drug-likeness (QED) is 0.740. The van der Waals surface area contributed by atoms with E-state index in [2.05, 4.69) is 5.32 Å². The van der Waals surface area contributed by atoms with Crippen LogP contribution < -0.4 is 11.1 Å². The topological polar surface area (TPSA) is 102 Å². The van der Waals surface area contributed by atoms with Gasteiger partial charge >= 0.3 is 6.03 Å². The predicted molar refractivity (Wildman–Crippen MR) is 95.3 cm³/mol. The number of urea groups is 1. The largest absolute Gasteiger partial charge is 0.381 e. The lowest BCUT2D eigenvalue weighted by molar-refractivity contribution is -0.146. The summed E-state index contributed by atoms with van der Waals surface area (Å²) in [6, 6.07) is 1.62. The maximum absolute atomic E-state index is 14.8. The first-order chi connectivity index (χ1) is 13.3. The van der Waals surface area contributed by atoms with Crippen molar-refractivity contribution in [2.24, 2.45) is 11.7 Å². The fraction of sp³-hybridized carbons (Fsp3) is 0.526. The van der Waals surface area contributed by atoms with E-state index in [0.717, 1.165) is 4.90 Å². The van der Waals surface area contributed by atoms with Gasteiger partial charge in [0.15, 0.2) is 0 Å². The Bertz CT molecular complexity index is 782. The van der Waals surface area contributed by atoms with Crippen molar-refractivity contribution in [2.45, 2.75) is 44.4 Å². The van der Waals surface area contributed by atoms with Crippen LogP contribution in [0.15, 0.2) is 18.2 Å². The van der Waals surface area contributed by atoms with Crippen LogP contribution in [0, 0.1) is 18.7 Å². The Balaban J connectivity index is 1.75. The standard InChI is InChI=1S/C19H23F2N3O4/c1-10-2-3-14(20)12(8-10)16(22)15(21)9-13-17(25)23-19(27)24(18(13)26)11-4-6-28-7-5-11/h2-3,8,11,13,15-16H,4-7,9,22H2,1H3,(H,23,25,27)/t13?,15-,16-/m0/s1. The van der Waals surface area contributed by atoms with Crippen molar-refractivity contribution in [3.05, 3.63) is 35.1 Å². The fourth-order valence-corrected chi connectivity index (χ4v) is 3.62. The Kier molecular flexibility index (Phi) is 6.04. The SMILES string of the molecule is Cc1ccc(F)c([C@H](N)[C@@H](F)CC2C(=O)NC(=O)N(C3CCOCC3)C2=O)c1. The van der Waals surface area contributed by atoms with Gasteiger partial charge in [0, 0.05) is 31.2 Å². The molecule has 7 nitrogen and oxygen atoms in total. The predicted octanol–water partition coefficient (Wildman–Crippen LogP) is 1.74. The smallest absolute Gasteiger partial charge is 0.331 e. The van der Waals surface area contributed by atoms with Crippen LogP contribution >= 0.6 is 0 Å². The van der Waals surface area contributed by atoms with Crippen LogP contribution in [0.2, 0.25) is 0 Å². The molecule has 0 aromatic heterocycles. The molecule has 2 saturated heterocycles. The molecule has 1 aromatic carbocycles. The van der Waals surface area contributed by atoms with E-state index in [1.807, 2.05) is 0 Å². The zero-order valence-corrected chi connectivity index (χ0v) is 15.5. The van der Waals surface area contributed by atoms with Crippen molar-refractivity contribution >= 4 is 17.8 Å². The highest BCUT2D eigenvalue weighted by Crippen LogP contribution is 2.29. The number of amides is 4. The molecule has 28 heavy (non-hydrogen) atoms. The van der Waals surface area contributed by atoms with Crippen LogP contribution in [-0.2, 0) is 14.3 Å². The zero-order valence-electron chi connectivity index (χ0n) is 15.5. The molecule has 2 aliphatic rings. The van der Waals surface area contributed by atoms with Gasteiger partial charge in [0.1, 0.15) is 17.9 Å². The lowest BCUT2D eigenvalue weighted by Crippen LogP contribution is -2.62. The Morgan fingerprint density at radius 2 is 1.96 bits per heavy atom. The summed E-state index contributed by atoms with van der Waals surface area (Å²) in [5.74, 6) is -3.66. The molecule has 2 fully saturated rings. The van der Waals surface area contributed by atoms with Crippen molar-refractivity contribution in [3.8, 4) is 0 Å². The molecule has 3 atom stereocenters. The molecule has 0 aliphatic carbocycles. The summed E-state index contributed by atoms with van der Waals surface area (Å²) < 4.78 is 34.1. The van der Waals surface area contributed by atoms with E-state index >= 15 is 0 Å². The Hall–Kier alpha value is -2.39. The third-order valence-corrected chi connectivity index (χ3v) is 5.22. The van der Waals surface area contributed by atoms with Crippen LogP contribution in [0.3, 0.4) is 0 Å². The molecule has 4 amide bonds. The van der Waals surface area contributed by atoms with Crippen molar-refractivity contribution in [1.29, 1.82) is 0 Å². The minimum atomic E-state index is -1.85. The normalized spacial score (nSPS) is 23.5. The van der Waals surface area contributed by atoms with Crippen molar-refractivity contribution in [3.63, 3.8) is 0 Å². The third-order valence-electron chi connectivity index (χ3n) is 5.22. The number of aryl methyl sites for hydroxylation is 1. The average Bonchev–Trinajstić information content (AvgIpc) is 2.67. The van der Waals surface area contributed by atoms with Crippen molar-refractivity contribution in [2.75, 3.05) is 13.2 Å². The Morgan fingerprint density at radius 3 is 2.64 bits per heavy atom. The van der Waals surface area contributed by atoms with Gasteiger partial charge in [-0.1, -0.05) is 17.7 Å². The monoisotopic (exact) mass is 395 g/mol. The number of benzene rings is 1. The number of nitrogens with zero attached hydrogens (tertiary/aromatic N) is 1. The second-order valence-corrected chi connectivity index (χ2v) is 7.20. The summed E-state index contributed by atoms with van der Waals surface area (Å²) in [5, 5.41) is 2.12. The molecular formula is C19H23F2N3O4. The van der Waals surface area contributed by atoms with Crippen LogP contribution in [-0.4, -0.2) is 48.2 Å². The molecule has 0 saturated carbocycles. The third kappa shape index (κ3) is 4.05. The van der Waals surface area contributed by atoms with Gasteiger partial charge in [-0.25, -0.2) is 13.6 Å². The summed E-state index contributed by atoms with van der Waals surface area (Å²) in [4.78, 5) is 38.1. The van der Waals surface area contributed by atoms with Gasteiger partial charge in [0.25, 0.3) is 0 Å². The zero-order chi connectivity index (χ0) is 20.4. The van der Waals surface area contributed by atoms with E-state index < -0.39 is 54.3 Å². The van der Waals surface area contributed by atoms with E-state index in [0.29, 0.717) is 31.6 Å². The average molecular weight is 395 g/mol. The van der Waals surface area contributed by atoms with Gasteiger partial charge in [0.05, 0.1) is 6.04 Å². The minimum absolute atomic E-state index is 0.0199. The molecule has 2 aliphatic heterocycles. The van der Waals surface area contributed by atoms with Gasteiger partial charge in [-0.2, -0.15) is 0 Å². The number of halogens is 2. The number of alkyl halides is 1. The Labute approximate surface area is 161 Å². The number of hydrogen-bond donors (Lipinski definition) is 2. The molecule has 152 valence electrons. The van der Waals surface area contributed by atoms with E-state index in [-0.39, 0.29) is 5.56 Å². The highest BCUT2D eigenvalue weighted by molar-refractivity contribution is 6.16. The number of nitrogens with one attached hydrogen (secondary N) is 1.